The van der Waals surface area contributed by atoms with Gasteiger partial charge in [0, 0.05) is 30.6 Å². The maximum absolute atomic E-state index is 13.0. The van der Waals surface area contributed by atoms with Crippen LogP contribution in [-0.4, -0.2) is 45.5 Å². The largest absolute Gasteiger partial charge is 0.497 e. The topological polar surface area (TPSA) is 92.7 Å². The fourth-order valence-electron chi connectivity index (χ4n) is 5.28. The molecule has 8 heteroatoms. The smallest absolute Gasteiger partial charge is 0.308 e. The Balaban J connectivity index is 1.69. The molecule has 5 rings (SSSR count). The van der Waals surface area contributed by atoms with Gasteiger partial charge in [-0.1, -0.05) is 25.1 Å². The van der Waals surface area contributed by atoms with E-state index in [1.54, 1.807) is 13.2 Å². The van der Waals surface area contributed by atoms with Crippen molar-refractivity contribution in [3.05, 3.63) is 76.9 Å². The number of benzene rings is 3. The highest BCUT2D eigenvalue weighted by atomic mass is 16.7. The fourth-order valence-corrected chi connectivity index (χ4v) is 5.28. The van der Waals surface area contributed by atoms with E-state index in [-0.39, 0.29) is 13.6 Å². The molecule has 0 spiro atoms. The average Bonchev–Trinajstić information content (AvgIpc) is 3.52. The molecule has 0 amide bonds. The van der Waals surface area contributed by atoms with Crippen LogP contribution in [0, 0.1) is 5.92 Å². The zero-order valence-corrected chi connectivity index (χ0v) is 21.1. The van der Waals surface area contributed by atoms with Gasteiger partial charge in [-0.2, -0.15) is 0 Å². The Morgan fingerprint density at radius 2 is 1.68 bits per heavy atom. The average molecular weight is 507 g/mol. The highest BCUT2D eigenvalue weighted by Gasteiger charge is 2.48. The minimum absolute atomic E-state index is 0.0166. The molecule has 8 nitrogen and oxygen atoms in total. The summed E-state index contributed by atoms with van der Waals surface area (Å²) in [6, 6.07) is 16.9. The molecular formula is C29H30O8. The van der Waals surface area contributed by atoms with E-state index in [1.165, 1.54) is 7.11 Å². The molecule has 2 aliphatic rings. The van der Waals surface area contributed by atoms with Crippen molar-refractivity contribution in [2.45, 2.75) is 25.2 Å². The molecule has 1 aliphatic heterocycles. The summed E-state index contributed by atoms with van der Waals surface area (Å²) in [5, 5.41) is 10.6. The summed E-state index contributed by atoms with van der Waals surface area (Å²) in [6.07, 6.45) is 0.867. The van der Waals surface area contributed by atoms with Crippen molar-refractivity contribution in [1.29, 1.82) is 0 Å². The van der Waals surface area contributed by atoms with Gasteiger partial charge in [0.1, 0.15) is 17.2 Å². The number of carboxylic acids is 1. The van der Waals surface area contributed by atoms with E-state index in [0.717, 1.165) is 28.7 Å². The van der Waals surface area contributed by atoms with Gasteiger partial charge < -0.3 is 33.5 Å². The predicted molar refractivity (Wildman–Crippen MR) is 135 cm³/mol. The van der Waals surface area contributed by atoms with Crippen LogP contribution >= 0.6 is 0 Å². The third kappa shape index (κ3) is 4.64. The van der Waals surface area contributed by atoms with Crippen LogP contribution in [0.5, 0.6) is 28.7 Å². The molecule has 0 unspecified atom stereocenters. The van der Waals surface area contributed by atoms with Gasteiger partial charge in [-0.05, 0) is 53.4 Å². The summed E-state index contributed by atoms with van der Waals surface area (Å²) in [6.45, 7) is 2.78. The summed E-state index contributed by atoms with van der Waals surface area (Å²) in [7, 11) is 3.12. The van der Waals surface area contributed by atoms with Crippen molar-refractivity contribution in [1.82, 2.24) is 0 Å². The lowest BCUT2D eigenvalue weighted by atomic mass is 9.79. The van der Waals surface area contributed by atoms with Crippen molar-refractivity contribution in [3.63, 3.8) is 0 Å². The number of carbonyl (C=O) groups is 1. The van der Waals surface area contributed by atoms with Crippen LogP contribution in [0.25, 0.3) is 0 Å². The highest BCUT2D eigenvalue weighted by molar-refractivity contribution is 5.78. The number of hydrogen-bond acceptors (Lipinski definition) is 7. The van der Waals surface area contributed by atoms with Crippen LogP contribution in [-0.2, 0) is 9.53 Å². The van der Waals surface area contributed by atoms with Crippen molar-refractivity contribution in [2.24, 2.45) is 5.92 Å². The lowest BCUT2D eigenvalue weighted by Crippen LogP contribution is -2.24. The van der Waals surface area contributed by atoms with Gasteiger partial charge in [-0.3, -0.25) is 4.79 Å². The zero-order chi connectivity index (χ0) is 25.9. The van der Waals surface area contributed by atoms with Crippen molar-refractivity contribution < 1.29 is 38.3 Å². The molecule has 3 atom stereocenters. The molecule has 1 heterocycles. The number of hydrogen-bond donors (Lipinski definition) is 1. The second-order valence-corrected chi connectivity index (χ2v) is 9.03. The lowest BCUT2D eigenvalue weighted by molar-refractivity contribution is -0.142. The van der Waals surface area contributed by atoms with E-state index >= 15 is 0 Å². The molecule has 1 N–H and O–H groups in total. The molecule has 0 saturated carbocycles. The van der Waals surface area contributed by atoms with Crippen LogP contribution in [0.4, 0.5) is 0 Å². The van der Waals surface area contributed by atoms with E-state index in [0.29, 0.717) is 35.4 Å². The Morgan fingerprint density at radius 1 is 0.892 bits per heavy atom. The Morgan fingerprint density at radius 3 is 2.43 bits per heavy atom. The van der Waals surface area contributed by atoms with Crippen molar-refractivity contribution >= 4 is 5.97 Å². The first-order valence-electron chi connectivity index (χ1n) is 12.2. The molecule has 0 radical (unpaired) electrons. The second kappa shape index (κ2) is 10.6. The number of rotatable bonds is 10. The zero-order valence-electron chi connectivity index (χ0n) is 21.1. The molecule has 0 aromatic heterocycles. The Kier molecular flexibility index (Phi) is 7.10. The first-order chi connectivity index (χ1) is 18.0. The van der Waals surface area contributed by atoms with Crippen LogP contribution < -0.4 is 23.7 Å². The third-order valence-electron chi connectivity index (χ3n) is 6.85. The van der Waals surface area contributed by atoms with Gasteiger partial charge in [0.25, 0.3) is 0 Å². The number of fused-ring (bicyclic) bond motifs is 2. The van der Waals surface area contributed by atoms with Gasteiger partial charge in [-0.15, -0.1) is 0 Å². The Hall–Kier alpha value is -3.91. The van der Waals surface area contributed by atoms with Gasteiger partial charge >= 0.3 is 5.97 Å². The molecule has 3 aromatic carbocycles. The molecule has 194 valence electrons. The first kappa shape index (κ1) is 24.8. The lowest BCUT2D eigenvalue weighted by Gasteiger charge is -2.24. The van der Waals surface area contributed by atoms with Crippen molar-refractivity contribution in [3.8, 4) is 28.7 Å². The maximum atomic E-state index is 13.0. The molecular weight excluding hydrogens is 476 g/mol. The van der Waals surface area contributed by atoms with E-state index in [2.05, 4.69) is 0 Å². The summed E-state index contributed by atoms with van der Waals surface area (Å²) in [5.41, 5.74) is 3.39. The summed E-state index contributed by atoms with van der Waals surface area (Å²) in [4.78, 5) is 13.0. The number of carboxylic acid groups (broad SMARTS) is 1. The highest BCUT2D eigenvalue weighted by Crippen LogP contribution is 2.56. The summed E-state index contributed by atoms with van der Waals surface area (Å²) < 4.78 is 33.5. The second-order valence-electron chi connectivity index (χ2n) is 9.03. The quantitative estimate of drug-likeness (QED) is 0.377. The first-order valence-corrected chi connectivity index (χ1v) is 12.2. The minimum Gasteiger partial charge on any atom is -0.497 e. The fraction of sp³-hybridized carbons (Fsp3) is 0.345. The normalized spacial score (nSPS) is 19.4. The summed E-state index contributed by atoms with van der Waals surface area (Å²) >= 11 is 0. The van der Waals surface area contributed by atoms with Gasteiger partial charge in [0.15, 0.2) is 18.3 Å². The molecule has 0 bridgehead atoms. The standard InChI is InChI=1S/C29H30O8/c1-4-11-34-19-7-8-20-22(13-19)27(21-9-6-18(33-3)14-24(21)35-15-32-2)28(29(30)31)26(20)17-5-10-23-25(12-17)37-16-36-23/h5-10,12-14,26-28H,4,11,15-16H2,1-3H3,(H,30,31)/t26-,27+,28+/m0/s1. The minimum atomic E-state index is -0.909. The van der Waals surface area contributed by atoms with E-state index in [9.17, 15) is 9.90 Å². The maximum Gasteiger partial charge on any atom is 0.308 e. The molecule has 0 saturated heterocycles. The van der Waals surface area contributed by atoms with E-state index < -0.39 is 23.7 Å². The Labute approximate surface area is 215 Å². The molecule has 3 aromatic rings. The predicted octanol–water partition coefficient (Wildman–Crippen LogP) is 5.17. The van der Waals surface area contributed by atoms with Gasteiger partial charge in [0.05, 0.1) is 19.6 Å². The molecule has 37 heavy (non-hydrogen) atoms. The van der Waals surface area contributed by atoms with Crippen molar-refractivity contribution in [2.75, 3.05) is 34.4 Å². The van der Waals surface area contributed by atoms with Gasteiger partial charge in [-0.25, -0.2) is 0 Å². The van der Waals surface area contributed by atoms with Crippen LogP contribution in [0.2, 0.25) is 0 Å². The molecule has 0 fully saturated rings. The van der Waals surface area contributed by atoms with E-state index in [4.69, 9.17) is 28.4 Å². The SMILES string of the molecule is CCCOc1ccc2c(c1)[C@@H](c1ccc(OC)cc1OCOC)[C@H](C(=O)O)[C@H]2c1ccc2c(c1)OCO2. The summed E-state index contributed by atoms with van der Waals surface area (Å²) in [5.74, 6) is 0.428. The molecule has 1 aliphatic carbocycles. The van der Waals surface area contributed by atoms with E-state index in [1.807, 2.05) is 55.5 Å². The van der Waals surface area contributed by atoms with Crippen LogP contribution in [0.15, 0.2) is 54.6 Å². The number of methoxy groups -OCH3 is 2. The van der Waals surface area contributed by atoms with Crippen LogP contribution in [0.1, 0.15) is 47.4 Å². The monoisotopic (exact) mass is 506 g/mol. The number of ether oxygens (including phenoxy) is 6. The van der Waals surface area contributed by atoms with Crippen LogP contribution in [0.3, 0.4) is 0 Å². The van der Waals surface area contributed by atoms with Gasteiger partial charge in [0.2, 0.25) is 6.79 Å². The number of aliphatic carboxylic acids is 1. The Bertz CT molecular complexity index is 1290. The third-order valence-corrected chi connectivity index (χ3v) is 6.85.